The highest BCUT2D eigenvalue weighted by Crippen LogP contribution is 2.23. The number of hydrogen-bond donors (Lipinski definition) is 1. The lowest BCUT2D eigenvalue weighted by Crippen LogP contribution is -1.87. The first-order chi connectivity index (χ1) is 7.42. The van der Waals surface area contributed by atoms with Gasteiger partial charge >= 0.3 is 0 Å². The van der Waals surface area contributed by atoms with Crippen molar-refractivity contribution in [2.75, 3.05) is 0 Å². The van der Waals surface area contributed by atoms with Crippen molar-refractivity contribution in [1.82, 2.24) is 4.98 Å². The molecule has 0 spiro atoms. The first-order valence-electron chi connectivity index (χ1n) is 5.63. The van der Waals surface area contributed by atoms with Crippen LogP contribution in [0.2, 0.25) is 0 Å². The van der Waals surface area contributed by atoms with Gasteiger partial charge in [-0.1, -0.05) is 43.7 Å². The fraction of sp³-hybridized carbons (Fsp3) is 0.286. The van der Waals surface area contributed by atoms with Crippen molar-refractivity contribution in [2.24, 2.45) is 0 Å². The van der Waals surface area contributed by atoms with Gasteiger partial charge in [0.05, 0.1) is 0 Å². The number of hydrogen-bond acceptors (Lipinski definition) is 0. The lowest BCUT2D eigenvalue weighted by atomic mass is 10.0. The van der Waals surface area contributed by atoms with Gasteiger partial charge in [-0.15, -0.1) is 0 Å². The first-order valence-corrected chi connectivity index (χ1v) is 5.63. The van der Waals surface area contributed by atoms with Gasteiger partial charge in [-0.2, -0.15) is 0 Å². The molecule has 15 heavy (non-hydrogen) atoms. The molecule has 1 aromatic carbocycles. The Morgan fingerprint density at radius 3 is 2.60 bits per heavy atom. The molecule has 1 nitrogen and oxygen atoms in total. The van der Waals surface area contributed by atoms with Crippen LogP contribution in [0.3, 0.4) is 0 Å². The van der Waals surface area contributed by atoms with Crippen LogP contribution in [0, 0.1) is 0 Å². The van der Waals surface area contributed by atoms with Gasteiger partial charge in [-0.3, -0.25) is 0 Å². The van der Waals surface area contributed by atoms with Gasteiger partial charge in [0, 0.05) is 17.5 Å². The molecule has 0 saturated heterocycles. The second kappa shape index (κ2) is 4.83. The van der Waals surface area contributed by atoms with Gasteiger partial charge in [0.2, 0.25) is 0 Å². The Balaban J connectivity index is 2.25. The molecule has 1 heteroatoms. The summed E-state index contributed by atoms with van der Waals surface area (Å²) in [7, 11) is 0. The molecule has 0 unspecified atom stereocenters. The Hall–Kier alpha value is -1.50. The number of aromatic nitrogens is 1. The van der Waals surface area contributed by atoms with E-state index in [1.165, 1.54) is 29.7 Å². The normalized spacial score (nSPS) is 10.5. The lowest BCUT2D eigenvalue weighted by molar-refractivity contribution is 0.782. The van der Waals surface area contributed by atoms with Crippen LogP contribution < -0.4 is 0 Å². The molecule has 1 heterocycles. The predicted octanol–water partition coefficient (Wildman–Crippen LogP) is 4.02. The summed E-state index contributed by atoms with van der Waals surface area (Å²) in [5, 5.41) is 0. The van der Waals surface area contributed by atoms with E-state index in [-0.39, 0.29) is 0 Å². The second-order valence-corrected chi connectivity index (χ2v) is 3.84. The summed E-state index contributed by atoms with van der Waals surface area (Å²) in [5.74, 6) is 0. The molecule has 0 saturated carbocycles. The molecule has 0 aliphatic rings. The Labute approximate surface area is 91.2 Å². The van der Waals surface area contributed by atoms with Gasteiger partial charge < -0.3 is 4.98 Å². The van der Waals surface area contributed by atoms with Gasteiger partial charge in [-0.05, 0) is 24.5 Å². The van der Waals surface area contributed by atoms with Gasteiger partial charge in [-0.25, -0.2) is 0 Å². The van der Waals surface area contributed by atoms with Crippen molar-refractivity contribution in [3.8, 4) is 11.1 Å². The van der Waals surface area contributed by atoms with Crippen LogP contribution in [0.15, 0.2) is 42.6 Å². The monoisotopic (exact) mass is 199 g/mol. The van der Waals surface area contributed by atoms with Crippen molar-refractivity contribution in [3.63, 3.8) is 0 Å². The summed E-state index contributed by atoms with van der Waals surface area (Å²) in [5.41, 5.74) is 4.02. The van der Waals surface area contributed by atoms with E-state index >= 15 is 0 Å². The van der Waals surface area contributed by atoms with Gasteiger partial charge in [0.15, 0.2) is 0 Å². The minimum atomic E-state index is 1.15. The van der Waals surface area contributed by atoms with Crippen molar-refractivity contribution >= 4 is 0 Å². The van der Waals surface area contributed by atoms with Crippen LogP contribution >= 0.6 is 0 Å². The number of unbranched alkanes of at least 4 members (excludes halogenated alkanes) is 1. The van der Waals surface area contributed by atoms with Crippen LogP contribution in [-0.4, -0.2) is 4.98 Å². The lowest BCUT2D eigenvalue weighted by Gasteiger charge is -2.03. The zero-order valence-electron chi connectivity index (χ0n) is 9.16. The van der Waals surface area contributed by atoms with Gasteiger partial charge in [0.25, 0.3) is 0 Å². The van der Waals surface area contributed by atoms with E-state index in [0.29, 0.717) is 0 Å². The molecule has 0 aliphatic carbocycles. The van der Waals surface area contributed by atoms with E-state index in [1.54, 1.807) is 0 Å². The average Bonchev–Trinajstić information content (AvgIpc) is 2.75. The number of aryl methyl sites for hydroxylation is 1. The molecule has 1 aromatic heterocycles. The van der Waals surface area contributed by atoms with Crippen molar-refractivity contribution in [3.05, 3.63) is 48.3 Å². The Kier molecular flexibility index (Phi) is 3.23. The summed E-state index contributed by atoms with van der Waals surface area (Å²) < 4.78 is 0. The van der Waals surface area contributed by atoms with E-state index in [1.807, 2.05) is 6.20 Å². The van der Waals surface area contributed by atoms with E-state index < -0.39 is 0 Å². The predicted molar refractivity (Wildman–Crippen MR) is 64.8 cm³/mol. The molecule has 1 N–H and O–H groups in total. The fourth-order valence-corrected chi connectivity index (χ4v) is 1.85. The molecule has 2 rings (SSSR count). The molecular weight excluding hydrogens is 182 g/mol. The highest BCUT2D eigenvalue weighted by Gasteiger charge is 2.04. The summed E-state index contributed by atoms with van der Waals surface area (Å²) in [6, 6.07) is 12.7. The molecule has 2 aromatic rings. The van der Waals surface area contributed by atoms with E-state index in [9.17, 15) is 0 Å². The Morgan fingerprint density at radius 1 is 1.07 bits per heavy atom. The molecule has 78 valence electrons. The molecule has 0 fully saturated rings. The molecule has 0 radical (unpaired) electrons. The largest absolute Gasteiger partial charge is 0.364 e. The fourth-order valence-electron chi connectivity index (χ4n) is 1.85. The van der Waals surface area contributed by atoms with Crippen LogP contribution in [0.25, 0.3) is 11.1 Å². The molecular formula is C14H17N. The Bertz CT molecular complexity index is 400. The number of nitrogens with one attached hydrogen (secondary N) is 1. The van der Waals surface area contributed by atoms with Crippen molar-refractivity contribution < 1.29 is 0 Å². The van der Waals surface area contributed by atoms with Crippen LogP contribution in [0.4, 0.5) is 0 Å². The summed E-state index contributed by atoms with van der Waals surface area (Å²) in [6.07, 6.45) is 5.68. The number of aromatic amines is 1. The van der Waals surface area contributed by atoms with Gasteiger partial charge in [0.1, 0.15) is 0 Å². The van der Waals surface area contributed by atoms with E-state index in [2.05, 4.69) is 48.3 Å². The average molecular weight is 199 g/mol. The topological polar surface area (TPSA) is 15.8 Å². The van der Waals surface area contributed by atoms with Crippen LogP contribution in [0.5, 0.6) is 0 Å². The molecule has 0 bridgehead atoms. The third kappa shape index (κ3) is 2.30. The van der Waals surface area contributed by atoms with Crippen molar-refractivity contribution in [2.45, 2.75) is 26.2 Å². The minimum Gasteiger partial charge on any atom is -0.364 e. The third-order valence-electron chi connectivity index (χ3n) is 2.70. The maximum absolute atomic E-state index is 3.34. The molecule has 0 atom stereocenters. The smallest absolute Gasteiger partial charge is 0.0226 e. The molecule has 0 aliphatic heterocycles. The maximum Gasteiger partial charge on any atom is 0.0226 e. The number of benzene rings is 1. The maximum atomic E-state index is 3.34. The molecule has 0 amide bonds. The van der Waals surface area contributed by atoms with E-state index in [4.69, 9.17) is 0 Å². The zero-order valence-corrected chi connectivity index (χ0v) is 9.16. The van der Waals surface area contributed by atoms with Crippen LogP contribution in [0.1, 0.15) is 25.5 Å². The van der Waals surface area contributed by atoms with E-state index in [0.717, 1.165) is 6.42 Å². The number of rotatable bonds is 4. The highest BCUT2D eigenvalue weighted by molar-refractivity contribution is 5.66. The summed E-state index contributed by atoms with van der Waals surface area (Å²) in [6.45, 7) is 2.23. The number of H-pyrrole nitrogens is 1. The first kappa shape index (κ1) is 10.0. The standard InChI is InChI=1S/C14H17N/c1-2-3-9-14-13(10-11-15-14)12-7-5-4-6-8-12/h4-8,10-11,15H,2-3,9H2,1H3. The van der Waals surface area contributed by atoms with Crippen molar-refractivity contribution in [1.29, 1.82) is 0 Å². The quantitative estimate of drug-likeness (QED) is 0.765. The summed E-state index contributed by atoms with van der Waals surface area (Å²) in [4.78, 5) is 3.34. The highest BCUT2D eigenvalue weighted by atomic mass is 14.7. The SMILES string of the molecule is CCCCc1[nH]ccc1-c1ccccc1. The zero-order chi connectivity index (χ0) is 10.5. The third-order valence-corrected chi connectivity index (χ3v) is 2.70. The minimum absolute atomic E-state index is 1.15. The summed E-state index contributed by atoms with van der Waals surface area (Å²) >= 11 is 0. The van der Waals surface area contributed by atoms with Crippen LogP contribution in [-0.2, 0) is 6.42 Å². The Morgan fingerprint density at radius 2 is 1.87 bits per heavy atom. The second-order valence-electron chi connectivity index (χ2n) is 3.84.